The van der Waals surface area contributed by atoms with Crippen LogP contribution in [0.15, 0.2) is 0 Å². The summed E-state index contributed by atoms with van der Waals surface area (Å²) in [5, 5.41) is 27.3. The van der Waals surface area contributed by atoms with Crippen LogP contribution in [0.4, 0.5) is 0 Å². The van der Waals surface area contributed by atoms with Crippen LogP contribution in [0.5, 0.6) is 0 Å². The number of hydrogen-bond acceptors (Lipinski definition) is 4. The quantitative estimate of drug-likeness (QED) is 0.536. The first kappa shape index (κ1) is 15.8. The summed E-state index contributed by atoms with van der Waals surface area (Å²) < 4.78 is 0. The zero-order valence-corrected chi connectivity index (χ0v) is 10.8. The molecule has 3 unspecified atom stereocenters. The molecule has 0 heterocycles. The summed E-state index contributed by atoms with van der Waals surface area (Å²) in [7, 11) is 0. The topological polar surface area (TPSA) is 63.9 Å². The summed E-state index contributed by atoms with van der Waals surface area (Å²) in [5.41, 5.74) is 0. The van der Waals surface area contributed by atoms with E-state index in [2.05, 4.69) is 18.7 Å². The third-order valence-electron chi connectivity index (χ3n) is 2.83. The Bertz CT molecular complexity index is 138. The van der Waals surface area contributed by atoms with E-state index >= 15 is 0 Å². The Labute approximate surface area is 98.9 Å². The highest BCUT2D eigenvalue weighted by Gasteiger charge is 2.15. The minimum absolute atomic E-state index is 0.159. The zero-order valence-electron chi connectivity index (χ0n) is 10.8. The molecule has 0 aliphatic carbocycles. The minimum Gasteiger partial charge on any atom is -0.396 e. The molecule has 0 fully saturated rings. The SMILES string of the molecule is CCC(C)CN(CC(C)CO)CC(O)CO. The summed E-state index contributed by atoms with van der Waals surface area (Å²) >= 11 is 0. The average molecular weight is 233 g/mol. The Morgan fingerprint density at radius 2 is 1.50 bits per heavy atom. The van der Waals surface area contributed by atoms with Gasteiger partial charge >= 0.3 is 0 Å². The summed E-state index contributed by atoms with van der Waals surface area (Å²) in [4.78, 5) is 2.12. The molecule has 0 saturated heterocycles. The second kappa shape index (κ2) is 8.93. The molecule has 3 N–H and O–H groups in total. The van der Waals surface area contributed by atoms with E-state index in [-0.39, 0.29) is 19.1 Å². The van der Waals surface area contributed by atoms with Gasteiger partial charge in [0.25, 0.3) is 0 Å². The van der Waals surface area contributed by atoms with Crippen LogP contribution >= 0.6 is 0 Å². The van der Waals surface area contributed by atoms with Gasteiger partial charge in [-0.1, -0.05) is 27.2 Å². The third-order valence-corrected chi connectivity index (χ3v) is 2.83. The maximum atomic E-state index is 9.45. The highest BCUT2D eigenvalue weighted by Crippen LogP contribution is 2.08. The van der Waals surface area contributed by atoms with Crippen LogP contribution in [-0.4, -0.2) is 59.2 Å². The molecular weight excluding hydrogens is 206 g/mol. The molecule has 0 bridgehead atoms. The van der Waals surface area contributed by atoms with Crippen molar-refractivity contribution in [3.05, 3.63) is 0 Å². The molecule has 0 radical (unpaired) electrons. The Hall–Kier alpha value is -0.160. The van der Waals surface area contributed by atoms with Crippen molar-refractivity contribution in [3.63, 3.8) is 0 Å². The van der Waals surface area contributed by atoms with E-state index < -0.39 is 6.10 Å². The maximum Gasteiger partial charge on any atom is 0.0897 e. The fraction of sp³-hybridized carbons (Fsp3) is 1.00. The summed E-state index contributed by atoms with van der Waals surface area (Å²) in [5.74, 6) is 0.770. The first-order valence-electron chi connectivity index (χ1n) is 6.15. The van der Waals surface area contributed by atoms with Gasteiger partial charge in [-0.25, -0.2) is 0 Å². The summed E-state index contributed by atoms with van der Waals surface area (Å²) in [6, 6.07) is 0. The number of hydrogen-bond donors (Lipinski definition) is 3. The van der Waals surface area contributed by atoms with Crippen LogP contribution in [0.1, 0.15) is 27.2 Å². The van der Waals surface area contributed by atoms with Gasteiger partial charge in [0.15, 0.2) is 0 Å². The van der Waals surface area contributed by atoms with E-state index in [1.54, 1.807) is 0 Å². The number of aliphatic hydroxyl groups excluding tert-OH is 3. The predicted octanol–water partition coefficient (Wildman–Crippen LogP) is 0.316. The first-order chi connectivity index (χ1) is 7.53. The van der Waals surface area contributed by atoms with E-state index in [9.17, 15) is 5.11 Å². The highest BCUT2D eigenvalue weighted by molar-refractivity contribution is 4.69. The van der Waals surface area contributed by atoms with Crippen LogP contribution in [0.25, 0.3) is 0 Å². The van der Waals surface area contributed by atoms with Crippen molar-refractivity contribution >= 4 is 0 Å². The molecule has 0 aromatic carbocycles. The van der Waals surface area contributed by atoms with Gasteiger partial charge in [0.05, 0.1) is 12.7 Å². The lowest BCUT2D eigenvalue weighted by Crippen LogP contribution is -2.40. The van der Waals surface area contributed by atoms with E-state index in [1.165, 1.54) is 0 Å². The third kappa shape index (κ3) is 7.17. The Morgan fingerprint density at radius 3 is 1.94 bits per heavy atom. The molecule has 0 aromatic rings. The molecule has 0 spiro atoms. The molecule has 3 atom stereocenters. The van der Waals surface area contributed by atoms with Crippen LogP contribution in [0, 0.1) is 11.8 Å². The highest BCUT2D eigenvalue weighted by atomic mass is 16.3. The number of nitrogens with zero attached hydrogens (tertiary/aromatic N) is 1. The normalized spacial score (nSPS) is 17.4. The Morgan fingerprint density at radius 1 is 0.938 bits per heavy atom. The van der Waals surface area contributed by atoms with Gasteiger partial charge in [-0.2, -0.15) is 0 Å². The molecule has 0 aromatic heterocycles. The monoisotopic (exact) mass is 233 g/mol. The lowest BCUT2D eigenvalue weighted by Gasteiger charge is -2.28. The van der Waals surface area contributed by atoms with Gasteiger partial charge < -0.3 is 20.2 Å². The predicted molar refractivity (Wildman–Crippen MR) is 65.2 cm³/mol. The van der Waals surface area contributed by atoms with E-state index in [4.69, 9.17) is 10.2 Å². The molecule has 4 nitrogen and oxygen atoms in total. The van der Waals surface area contributed by atoms with E-state index in [0.29, 0.717) is 12.5 Å². The lowest BCUT2D eigenvalue weighted by atomic mass is 10.1. The van der Waals surface area contributed by atoms with Gasteiger partial charge in [0.1, 0.15) is 0 Å². The molecule has 98 valence electrons. The van der Waals surface area contributed by atoms with Crippen molar-refractivity contribution in [3.8, 4) is 0 Å². The average Bonchev–Trinajstić information content (AvgIpc) is 2.28. The summed E-state index contributed by atoms with van der Waals surface area (Å²) in [6.07, 6.45) is 0.411. The second-order valence-corrected chi connectivity index (χ2v) is 4.86. The second-order valence-electron chi connectivity index (χ2n) is 4.86. The number of aliphatic hydroxyl groups is 3. The van der Waals surface area contributed by atoms with Gasteiger partial charge in [0, 0.05) is 26.2 Å². The van der Waals surface area contributed by atoms with Crippen LogP contribution in [0.3, 0.4) is 0 Å². The van der Waals surface area contributed by atoms with Gasteiger partial charge in [-0.05, 0) is 11.8 Å². The Kier molecular flexibility index (Phi) is 8.84. The molecule has 0 saturated carbocycles. The molecule has 0 aliphatic rings. The Balaban J connectivity index is 4.15. The smallest absolute Gasteiger partial charge is 0.0897 e. The number of rotatable bonds is 9. The van der Waals surface area contributed by atoms with Crippen LogP contribution in [0.2, 0.25) is 0 Å². The maximum absolute atomic E-state index is 9.45. The van der Waals surface area contributed by atoms with E-state index in [0.717, 1.165) is 19.5 Å². The minimum atomic E-state index is -0.685. The van der Waals surface area contributed by atoms with Gasteiger partial charge in [-0.15, -0.1) is 0 Å². The fourth-order valence-electron chi connectivity index (χ4n) is 1.65. The molecule has 4 heteroatoms. The molecule has 0 rings (SSSR count). The molecule has 16 heavy (non-hydrogen) atoms. The lowest BCUT2D eigenvalue weighted by molar-refractivity contribution is 0.0461. The van der Waals surface area contributed by atoms with Crippen molar-refractivity contribution in [2.75, 3.05) is 32.8 Å². The van der Waals surface area contributed by atoms with Crippen molar-refractivity contribution in [2.24, 2.45) is 11.8 Å². The van der Waals surface area contributed by atoms with Crippen LogP contribution < -0.4 is 0 Å². The van der Waals surface area contributed by atoms with Crippen molar-refractivity contribution < 1.29 is 15.3 Å². The van der Waals surface area contributed by atoms with Crippen molar-refractivity contribution in [1.82, 2.24) is 4.90 Å². The standard InChI is InChI=1S/C12H27NO3/c1-4-10(2)5-13(6-11(3)8-14)7-12(16)9-15/h10-12,14-16H,4-9H2,1-3H3. The summed E-state index contributed by atoms with van der Waals surface area (Å²) in [6.45, 7) is 8.38. The molecule has 0 amide bonds. The van der Waals surface area contributed by atoms with Crippen LogP contribution in [-0.2, 0) is 0 Å². The van der Waals surface area contributed by atoms with Gasteiger partial charge in [0.2, 0.25) is 0 Å². The van der Waals surface area contributed by atoms with Crippen molar-refractivity contribution in [1.29, 1.82) is 0 Å². The first-order valence-corrected chi connectivity index (χ1v) is 6.15. The van der Waals surface area contributed by atoms with Gasteiger partial charge in [-0.3, -0.25) is 0 Å². The largest absolute Gasteiger partial charge is 0.396 e. The zero-order chi connectivity index (χ0) is 12.6. The molecule has 0 aliphatic heterocycles. The van der Waals surface area contributed by atoms with Crippen molar-refractivity contribution in [2.45, 2.75) is 33.3 Å². The van der Waals surface area contributed by atoms with E-state index in [1.807, 2.05) is 6.92 Å². The molecular formula is C12H27NO3. The fourth-order valence-corrected chi connectivity index (χ4v) is 1.65.